The molecule has 0 unspecified atom stereocenters. The number of hydrogen-bond donors (Lipinski definition) is 0. The lowest BCUT2D eigenvalue weighted by Gasteiger charge is -2.12. The van der Waals surface area contributed by atoms with Gasteiger partial charge in [-0.05, 0) is 17.2 Å². The Balaban J connectivity index is 2.03. The van der Waals surface area contributed by atoms with Crippen LogP contribution in [-0.4, -0.2) is 9.85 Å². The molecular formula is C19H14N4O4. The van der Waals surface area contributed by atoms with E-state index in [0.717, 1.165) is 17.2 Å². The van der Waals surface area contributed by atoms with Gasteiger partial charge in [0.2, 0.25) is 0 Å². The normalized spacial score (nSPS) is 11.0. The number of hydrogen-bond acceptors (Lipinski definition) is 6. The molecule has 134 valence electrons. The fourth-order valence-corrected chi connectivity index (χ4v) is 2.57. The Bertz CT molecular complexity index is 952. The summed E-state index contributed by atoms with van der Waals surface area (Å²) in [6, 6.07) is 21.6. The maximum absolute atomic E-state index is 11.3. The van der Waals surface area contributed by atoms with Gasteiger partial charge in [0.25, 0.3) is 5.69 Å². The van der Waals surface area contributed by atoms with Crippen molar-refractivity contribution in [1.82, 2.24) is 0 Å². The van der Waals surface area contributed by atoms with Crippen molar-refractivity contribution in [2.24, 2.45) is 10.2 Å². The Morgan fingerprint density at radius 1 is 0.741 bits per heavy atom. The Morgan fingerprint density at radius 2 is 1.30 bits per heavy atom. The summed E-state index contributed by atoms with van der Waals surface area (Å²) < 4.78 is 0. The molecule has 0 bridgehead atoms. The van der Waals surface area contributed by atoms with Gasteiger partial charge in [0.05, 0.1) is 15.9 Å². The van der Waals surface area contributed by atoms with Gasteiger partial charge in [0.15, 0.2) is 5.69 Å². The molecule has 0 fully saturated rings. The molecule has 0 aliphatic heterocycles. The van der Waals surface area contributed by atoms with Gasteiger partial charge in [-0.2, -0.15) is 5.11 Å². The van der Waals surface area contributed by atoms with Crippen LogP contribution in [0.3, 0.4) is 0 Å². The van der Waals surface area contributed by atoms with E-state index in [1.807, 2.05) is 60.7 Å². The highest BCUT2D eigenvalue weighted by atomic mass is 16.6. The highest BCUT2D eigenvalue weighted by molar-refractivity contribution is 5.61. The van der Waals surface area contributed by atoms with Crippen LogP contribution in [0.5, 0.6) is 0 Å². The fourth-order valence-electron chi connectivity index (χ4n) is 2.57. The smallest absolute Gasteiger partial charge is 0.258 e. The van der Waals surface area contributed by atoms with Crippen molar-refractivity contribution in [3.63, 3.8) is 0 Å². The van der Waals surface area contributed by atoms with Gasteiger partial charge >= 0.3 is 5.69 Å². The average Bonchev–Trinajstić information content (AvgIpc) is 2.69. The minimum absolute atomic E-state index is 0.0394. The first-order valence-electron chi connectivity index (χ1n) is 8.00. The second-order valence-electron chi connectivity index (χ2n) is 5.63. The Morgan fingerprint density at radius 3 is 1.78 bits per heavy atom. The van der Waals surface area contributed by atoms with Crippen molar-refractivity contribution < 1.29 is 9.85 Å². The molecule has 0 N–H and O–H groups in total. The second kappa shape index (κ2) is 7.96. The zero-order valence-corrected chi connectivity index (χ0v) is 14.0. The van der Waals surface area contributed by atoms with E-state index >= 15 is 0 Å². The van der Waals surface area contributed by atoms with Gasteiger partial charge in [0, 0.05) is 6.07 Å². The van der Waals surface area contributed by atoms with E-state index in [-0.39, 0.29) is 11.4 Å². The predicted octanol–water partition coefficient (Wildman–Crippen LogP) is 5.38. The molecule has 3 aromatic rings. The van der Waals surface area contributed by atoms with Crippen molar-refractivity contribution in [2.45, 2.75) is 6.04 Å². The van der Waals surface area contributed by atoms with Crippen LogP contribution in [0.1, 0.15) is 17.2 Å². The molecule has 8 nitrogen and oxygen atoms in total. The zero-order valence-electron chi connectivity index (χ0n) is 14.0. The van der Waals surface area contributed by atoms with Crippen LogP contribution in [-0.2, 0) is 0 Å². The van der Waals surface area contributed by atoms with E-state index in [4.69, 9.17) is 0 Å². The number of nitro benzene ring substituents is 2. The van der Waals surface area contributed by atoms with Crippen LogP contribution in [0.15, 0.2) is 89.1 Å². The van der Waals surface area contributed by atoms with Crippen molar-refractivity contribution in [2.75, 3.05) is 0 Å². The lowest BCUT2D eigenvalue weighted by atomic mass is 10.00. The van der Waals surface area contributed by atoms with Crippen LogP contribution in [0.2, 0.25) is 0 Å². The maximum Gasteiger partial charge on any atom is 0.303 e. The number of non-ortho nitro benzene ring substituents is 1. The first-order valence-corrected chi connectivity index (χ1v) is 8.00. The van der Waals surface area contributed by atoms with Crippen LogP contribution in [0.25, 0.3) is 0 Å². The van der Waals surface area contributed by atoms with Gasteiger partial charge in [-0.3, -0.25) is 20.2 Å². The molecule has 0 atom stereocenters. The van der Waals surface area contributed by atoms with Crippen LogP contribution in [0.4, 0.5) is 17.1 Å². The molecule has 8 heteroatoms. The third-order valence-corrected chi connectivity index (χ3v) is 3.88. The zero-order chi connectivity index (χ0) is 19.2. The average molecular weight is 362 g/mol. The molecule has 0 saturated heterocycles. The van der Waals surface area contributed by atoms with Gasteiger partial charge < -0.3 is 0 Å². The molecule has 0 radical (unpaired) electrons. The molecule has 0 aliphatic rings. The third-order valence-electron chi connectivity index (χ3n) is 3.88. The summed E-state index contributed by atoms with van der Waals surface area (Å²) in [5.74, 6) is 0. The van der Waals surface area contributed by atoms with E-state index in [0.29, 0.717) is 0 Å². The molecule has 0 aliphatic carbocycles. The van der Waals surface area contributed by atoms with E-state index in [1.54, 1.807) is 0 Å². The van der Waals surface area contributed by atoms with Gasteiger partial charge in [-0.1, -0.05) is 60.7 Å². The maximum atomic E-state index is 11.3. The minimum Gasteiger partial charge on any atom is -0.258 e. The summed E-state index contributed by atoms with van der Waals surface area (Å²) >= 11 is 0. The van der Waals surface area contributed by atoms with Crippen molar-refractivity contribution in [3.8, 4) is 0 Å². The number of nitro groups is 2. The molecular weight excluding hydrogens is 348 g/mol. The van der Waals surface area contributed by atoms with Crippen molar-refractivity contribution in [1.29, 1.82) is 0 Å². The summed E-state index contributed by atoms with van der Waals surface area (Å²) in [6.07, 6.45) is 0. The summed E-state index contributed by atoms with van der Waals surface area (Å²) in [5.41, 5.74) is 0.868. The molecule has 3 rings (SSSR count). The topological polar surface area (TPSA) is 111 Å². The van der Waals surface area contributed by atoms with Crippen LogP contribution in [0, 0.1) is 20.2 Å². The first kappa shape index (κ1) is 17.9. The Labute approximate surface area is 154 Å². The summed E-state index contributed by atoms with van der Waals surface area (Å²) in [5, 5.41) is 30.5. The molecule has 0 aromatic heterocycles. The number of azo groups is 1. The van der Waals surface area contributed by atoms with Gasteiger partial charge in [-0.15, -0.1) is 5.11 Å². The van der Waals surface area contributed by atoms with Gasteiger partial charge in [-0.25, -0.2) is 0 Å². The summed E-state index contributed by atoms with van der Waals surface area (Å²) in [6.45, 7) is 0. The number of benzene rings is 3. The van der Waals surface area contributed by atoms with E-state index in [2.05, 4.69) is 10.2 Å². The largest absolute Gasteiger partial charge is 0.303 e. The standard InChI is InChI=1S/C19H14N4O4/c24-22(25)16-11-12-17(18(13-16)23(26)27)20-21-19(14-7-3-1-4-8-14)15-9-5-2-6-10-15/h1-13,19H. The minimum atomic E-state index is -0.707. The van der Waals surface area contributed by atoms with E-state index < -0.39 is 21.6 Å². The summed E-state index contributed by atoms with van der Waals surface area (Å²) in [4.78, 5) is 20.7. The van der Waals surface area contributed by atoms with Crippen LogP contribution < -0.4 is 0 Å². The lowest BCUT2D eigenvalue weighted by molar-refractivity contribution is -0.393. The van der Waals surface area contributed by atoms with E-state index in [1.165, 1.54) is 12.1 Å². The molecule has 3 aromatic carbocycles. The predicted molar refractivity (Wildman–Crippen MR) is 99.0 cm³/mol. The highest BCUT2D eigenvalue weighted by Crippen LogP contribution is 2.34. The lowest BCUT2D eigenvalue weighted by Crippen LogP contribution is -1.97. The Kier molecular flexibility index (Phi) is 5.27. The van der Waals surface area contributed by atoms with Crippen molar-refractivity contribution >= 4 is 17.1 Å². The molecule has 0 amide bonds. The Hall–Kier alpha value is -3.94. The second-order valence-corrected chi connectivity index (χ2v) is 5.63. The quantitative estimate of drug-likeness (QED) is 0.333. The molecule has 27 heavy (non-hydrogen) atoms. The number of nitrogens with zero attached hydrogens (tertiary/aromatic N) is 4. The SMILES string of the molecule is O=[N+]([O-])c1ccc(N=NC(c2ccccc2)c2ccccc2)c([N+](=O)[O-])c1. The van der Waals surface area contributed by atoms with Crippen molar-refractivity contribution in [3.05, 3.63) is 110 Å². The molecule has 0 spiro atoms. The fraction of sp³-hybridized carbons (Fsp3) is 0.0526. The number of rotatable bonds is 6. The monoisotopic (exact) mass is 362 g/mol. The molecule has 0 heterocycles. The van der Waals surface area contributed by atoms with Gasteiger partial charge in [0.1, 0.15) is 6.04 Å². The molecule has 0 saturated carbocycles. The highest BCUT2D eigenvalue weighted by Gasteiger charge is 2.20. The third kappa shape index (κ3) is 4.18. The van der Waals surface area contributed by atoms with E-state index in [9.17, 15) is 20.2 Å². The first-order chi connectivity index (χ1) is 13.1. The summed E-state index contributed by atoms with van der Waals surface area (Å²) in [7, 11) is 0. The van der Waals surface area contributed by atoms with Crippen LogP contribution >= 0.6 is 0 Å².